The first-order valence-electron chi connectivity index (χ1n) is 5.72. The highest BCUT2D eigenvalue weighted by molar-refractivity contribution is 5.76. The summed E-state index contributed by atoms with van der Waals surface area (Å²) in [4.78, 5) is 13.1. The highest BCUT2D eigenvalue weighted by Crippen LogP contribution is 2.29. The Balaban J connectivity index is 2.49. The van der Waals surface area contributed by atoms with E-state index in [0.717, 1.165) is 0 Å². The molecule has 1 aliphatic heterocycles. The zero-order valence-electron chi connectivity index (χ0n) is 10.2. The van der Waals surface area contributed by atoms with Gasteiger partial charge in [-0.2, -0.15) is 13.2 Å². The number of halogens is 3. The number of likely N-dealkylation sites (tertiary alicyclic amines) is 1. The molecule has 1 amide bonds. The zero-order valence-corrected chi connectivity index (χ0v) is 10.2. The van der Waals surface area contributed by atoms with Gasteiger partial charge in [0.25, 0.3) is 0 Å². The number of amides is 1. The van der Waals surface area contributed by atoms with Gasteiger partial charge in [0.15, 0.2) is 0 Å². The Hall–Kier alpha value is -0.780. The van der Waals surface area contributed by atoms with Gasteiger partial charge in [0.05, 0.1) is 6.42 Å². The van der Waals surface area contributed by atoms with E-state index in [0.29, 0.717) is 19.5 Å². The summed E-state index contributed by atoms with van der Waals surface area (Å²) in [5.74, 6) is -0.428. The lowest BCUT2D eigenvalue weighted by Crippen LogP contribution is -2.54. The Morgan fingerprint density at radius 1 is 1.47 bits per heavy atom. The number of carbonyl (C=O) groups is 1. The van der Waals surface area contributed by atoms with Crippen LogP contribution in [0.25, 0.3) is 0 Å². The fourth-order valence-electron chi connectivity index (χ4n) is 1.99. The van der Waals surface area contributed by atoms with Crippen molar-refractivity contribution in [2.45, 2.75) is 45.3 Å². The Morgan fingerprint density at radius 3 is 2.53 bits per heavy atom. The first-order chi connectivity index (χ1) is 7.62. The Kier molecular flexibility index (Phi) is 4.06. The molecule has 0 spiro atoms. The van der Waals surface area contributed by atoms with Gasteiger partial charge in [-0.15, -0.1) is 0 Å². The largest absolute Gasteiger partial charge is 0.389 e. The smallest absolute Gasteiger partial charge is 0.342 e. The summed E-state index contributed by atoms with van der Waals surface area (Å²) in [7, 11) is 0. The fraction of sp³-hybridized carbons (Fsp3) is 0.909. The monoisotopic (exact) mass is 252 g/mol. The second-order valence-corrected chi connectivity index (χ2v) is 5.31. The number of piperidine rings is 1. The van der Waals surface area contributed by atoms with Crippen molar-refractivity contribution in [3.8, 4) is 0 Å². The number of rotatable bonds is 2. The summed E-state index contributed by atoms with van der Waals surface area (Å²) in [5.41, 5.74) is 5.67. The molecule has 1 unspecified atom stereocenters. The molecule has 1 fully saturated rings. The van der Waals surface area contributed by atoms with Crippen LogP contribution in [-0.2, 0) is 4.79 Å². The quantitative estimate of drug-likeness (QED) is 0.816. The van der Waals surface area contributed by atoms with Gasteiger partial charge in [-0.05, 0) is 11.8 Å². The maximum absolute atomic E-state index is 12.0. The average Bonchev–Trinajstić information content (AvgIpc) is 2.17. The van der Waals surface area contributed by atoms with Crippen molar-refractivity contribution in [3.05, 3.63) is 0 Å². The molecule has 3 nitrogen and oxygen atoms in total. The van der Waals surface area contributed by atoms with E-state index in [1.807, 2.05) is 13.8 Å². The lowest BCUT2D eigenvalue weighted by molar-refractivity contribution is -0.151. The Bertz CT molecular complexity index is 289. The highest BCUT2D eigenvalue weighted by Gasteiger charge is 2.36. The number of carbonyl (C=O) groups excluding carboxylic acids is 1. The molecule has 0 radical (unpaired) electrons. The van der Waals surface area contributed by atoms with E-state index in [1.165, 1.54) is 4.90 Å². The molecule has 0 saturated carbocycles. The van der Waals surface area contributed by atoms with Crippen LogP contribution < -0.4 is 5.73 Å². The molecule has 1 heterocycles. The SMILES string of the molecule is CC1(C)CN(C(=O)CCC(F)(F)F)CCC1N. The zero-order chi connectivity index (χ0) is 13.3. The summed E-state index contributed by atoms with van der Waals surface area (Å²) in [6, 6.07) is -0.00540. The first kappa shape index (κ1) is 14.3. The van der Waals surface area contributed by atoms with Gasteiger partial charge in [-0.25, -0.2) is 0 Å². The minimum absolute atomic E-state index is 0.00540. The third kappa shape index (κ3) is 4.18. The number of hydrogen-bond donors (Lipinski definition) is 1. The molecule has 1 atom stereocenters. The van der Waals surface area contributed by atoms with Crippen molar-refractivity contribution < 1.29 is 18.0 Å². The number of hydrogen-bond acceptors (Lipinski definition) is 2. The van der Waals surface area contributed by atoms with Crippen LogP contribution in [0.3, 0.4) is 0 Å². The van der Waals surface area contributed by atoms with E-state index in [2.05, 4.69) is 0 Å². The van der Waals surface area contributed by atoms with Crippen molar-refractivity contribution >= 4 is 5.91 Å². The molecule has 1 aliphatic rings. The molecule has 0 aromatic heterocycles. The summed E-state index contributed by atoms with van der Waals surface area (Å²) in [6.07, 6.45) is -5.13. The van der Waals surface area contributed by atoms with Crippen LogP contribution in [-0.4, -0.2) is 36.1 Å². The summed E-state index contributed by atoms with van der Waals surface area (Å²) >= 11 is 0. The van der Waals surface area contributed by atoms with E-state index in [1.54, 1.807) is 0 Å². The van der Waals surface area contributed by atoms with E-state index in [9.17, 15) is 18.0 Å². The second-order valence-electron chi connectivity index (χ2n) is 5.31. The van der Waals surface area contributed by atoms with Crippen LogP contribution in [0.5, 0.6) is 0 Å². The number of alkyl halides is 3. The van der Waals surface area contributed by atoms with Crippen LogP contribution in [0.4, 0.5) is 13.2 Å². The summed E-state index contributed by atoms with van der Waals surface area (Å²) in [5, 5.41) is 0. The van der Waals surface area contributed by atoms with Crippen molar-refractivity contribution in [2.24, 2.45) is 11.1 Å². The Labute approximate surface area is 99.1 Å². The van der Waals surface area contributed by atoms with Crippen molar-refractivity contribution in [2.75, 3.05) is 13.1 Å². The van der Waals surface area contributed by atoms with Crippen molar-refractivity contribution in [3.63, 3.8) is 0 Å². The predicted octanol–water partition coefficient (Wildman–Crippen LogP) is 1.91. The van der Waals surface area contributed by atoms with Gasteiger partial charge in [0, 0.05) is 25.6 Å². The van der Waals surface area contributed by atoms with Crippen molar-refractivity contribution in [1.82, 2.24) is 4.90 Å². The first-order valence-corrected chi connectivity index (χ1v) is 5.72. The van der Waals surface area contributed by atoms with Crippen LogP contribution in [0, 0.1) is 5.41 Å². The second kappa shape index (κ2) is 4.84. The predicted molar refractivity (Wildman–Crippen MR) is 58.2 cm³/mol. The van der Waals surface area contributed by atoms with Gasteiger partial charge in [0.2, 0.25) is 5.91 Å². The van der Waals surface area contributed by atoms with Gasteiger partial charge in [0.1, 0.15) is 0 Å². The molecule has 0 bridgehead atoms. The van der Waals surface area contributed by atoms with Gasteiger partial charge in [-0.3, -0.25) is 4.79 Å². The lowest BCUT2D eigenvalue weighted by atomic mass is 9.79. The van der Waals surface area contributed by atoms with E-state index in [-0.39, 0.29) is 11.5 Å². The molecule has 2 N–H and O–H groups in total. The average molecular weight is 252 g/mol. The molecule has 1 saturated heterocycles. The third-order valence-corrected chi connectivity index (χ3v) is 3.29. The Morgan fingerprint density at radius 2 is 2.06 bits per heavy atom. The van der Waals surface area contributed by atoms with Gasteiger partial charge < -0.3 is 10.6 Å². The molecular weight excluding hydrogens is 233 g/mol. The molecule has 0 aliphatic carbocycles. The minimum Gasteiger partial charge on any atom is -0.342 e. The molecule has 1 rings (SSSR count). The van der Waals surface area contributed by atoms with Crippen LogP contribution >= 0.6 is 0 Å². The maximum Gasteiger partial charge on any atom is 0.389 e. The van der Waals surface area contributed by atoms with Crippen molar-refractivity contribution in [1.29, 1.82) is 0 Å². The van der Waals surface area contributed by atoms with Gasteiger partial charge >= 0.3 is 6.18 Å². The summed E-state index contributed by atoms with van der Waals surface area (Å²) < 4.78 is 36.0. The molecule has 100 valence electrons. The van der Waals surface area contributed by atoms with Crippen LogP contribution in [0.15, 0.2) is 0 Å². The molecule has 6 heteroatoms. The molecular formula is C11H19F3N2O. The van der Waals surface area contributed by atoms with Crippen LogP contribution in [0.1, 0.15) is 33.1 Å². The minimum atomic E-state index is -4.27. The van der Waals surface area contributed by atoms with E-state index in [4.69, 9.17) is 5.73 Å². The lowest BCUT2D eigenvalue weighted by Gasteiger charge is -2.42. The topological polar surface area (TPSA) is 46.3 Å². The maximum atomic E-state index is 12.0. The van der Waals surface area contributed by atoms with Gasteiger partial charge in [-0.1, -0.05) is 13.8 Å². The van der Waals surface area contributed by atoms with Crippen LogP contribution in [0.2, 0.25) is 0 Å². The molecule has 0 aromatic rings. The van der Waals surface area contributed by atoms with E-state index >= 15 is 0 Å². The fourth-order valence-corrected chi connectivity index (χ4v) is 1.99. The normalized spacial score (nSPS) is 24.8. The number of nitrogens with two attached hydrogens (primary N) is 1. The number of nitrogens with zero attached hydrogens (tertiary/aromatic N) is 1. The van der Waals surface area contributed by atoms with E-state index < -0.39 is 24.9 Å². The standard InChI is InChI=1S/C11H19F3N2O/c1-10(2)7-16(6-4-8(10)15)9(17)3-5-11(12,13)14/h8H,3-7,15H2,1-2H3. The molecule has 0 aromatic carbocycles. The molecule has 17 heavy (non-hydrogen) atoms. The summed E-state index contributed by atoms with van der Waals surface area (Å²) in [6.45, 7) is 4.76. The third-order valence-electron chi connectivity index (χ3n) is 3.29. The highest BCUT2D eigenvalue weighted by atomic mass is 19.4.